The van der Waals surface area contributed by atoms with E-state index in [1.54, 1.807) is 0 Å². The van der Waals surface area contributed by atoms with E-state index in [4.69, 9.17) is 0 Å². The third kappa shape index (κ3) is 3.71. The summed E-state index contributed by atoms with van der Waals surface area (Å²) in [4.78, 5) is 10.9. The zero-order valence-corrected chi connectivity index (χ0v) is 13.3. The van der Waals surface area contributed by atoms with Gasteiger partial charge in [0.25, 0.3) is 0 Å². The summed E-state index contributed by atoms with van der Waals surface area (Å²) in [5, 5.41) is 10.9. The number of aliphatic carboxylic acids is 1. The van der Waals surface area contributed by atoms with Crippen molar-refractivity contribution >= 4 is 22.2 Å². The number of hydrogen-bond donors (Lipinski definition) is 0. The number of fused-ring (bicyclic) bond motifs is 1. The number of carbonyl (C=O) groups excluding carboxylic acids is 1. The average molecular weight is 405 g/mol. The van der Waals surface area contributed by atoms with Crippen LogP contribution in [0.3, 0.4) is 0 Å². The second kappa shape index (κ2) is 6.07. The Balaban J connectivity index is 2.53. The Kier molecular flexibility index (Phi) is 4.64. The number of benzene rings is 1. The molecule has 0 saturated carbocycles. The number of carbonyl (C=O) groups is 1. The van der Waals surface area contributed by atoms with E-state index >= 15 is 0 Å². The van der Waals surface area contributed by atoms with Crippen molar-refractivity contribution in [1.82, 2.24) is 0 Å². The fourth-order valence-corrected chi connectivity index (χ4v) is 2.52. The smallest absolute Gasteiger partial charge is 0.534 e. The van der Waals surface area contributed by atoms with Gasteiger partial charge in [-0.3, -0.25) is 0 Å². The number of aryl methyl sites for hydroxylation is 1. The fraction of sp³-hybridized carbons (Fsp3) is 0.308. The molecule has 26 heavy (non-hydrogen) atoms. The number of carboxylic acid groups (broad SMARTS) is 1. The summed E-state index contributed by atoms with van der Waals surface area (Å²) in [6.45, 7) is 1.10. The van der Waals surface area contributed by atoms with Gasteiger partial charge >= 0.3 is 21.8 Å². The monoisotopic (exact) mass is 405 g/mol. The summed E-state index contributed by atoms with van der Waals surface area (Å²) in [5.74, 6) is -3.79. The first-order valence-corrected chi connectivity index (χ1v) is 7.86. The third-order valence-corrected chi connectivity index (χ3v) is 4.13. The van der Waals surface area contributed by atoms with E-state index in [1.165, 1.54) is 0 Å². The maximum atomic E-state index is 12.9. The third-order valence-electron chi connectivity index (χ3n) is 3.16. The Morgan fingerprint density at radius 2 is 1.77 bits per heavy atom. The molecule has 2 rings (SSSR count). The lowest BCUT2D eigenvalue weighted by Crippen LogP contribution is -2.44. The first kappa shape index (κ1) is 19.9. The zero-order valence-electron chi connectivity index (χ0n) is 12.4. The van der Waals surface area contributed by atoms with Crippen LogP contribution in [0.5, 0.6) is 11.5 Å². The molecular weight excluding hydrogens is 398 g/mol. The first-order valence-electron chi connectivity index (χ1n) is 6.45. The summed E-state index contributed by atoms with van der Waals surface area (Å²) >= 11 is 0. The molecule has 6 nitrogen and oxygen atoms in total. The van der Waals surface area contributed by atoms with Crippen LogP contribution in [0.1, 0.15) is 11.1 Å². The predicted octanol–water partition coefficient (Wildman–Crippen LogP) is 1.68. The first-order chi connectivity index (χ1) is 11.6. The van der Waals surface area contributed by atoms with Gasteiger partial charge in [-0.2, -0.15) is 34.8 Å². The normalized spacial score (nSPS) is 17.8. The Hall–Kier alpha value is -2.44. The van der Waals surface area contributed by atoms with E-state index in [2.05, 4.69) is 8.92 Å². The van der Waals surface area contributed by atoms with Crippen molar-refractivity contribution in [2.24, 2.45) is 0 Å². The molecule has 1 aromatic carbocycles. The molecule has 1 aliphatic rings. The molecule has 0 radical (unpaired) electrons. The van der Waals surface area contributed by atoms with Crippen molar-refractivity contribution < 1.29 is 53.6 Å². The van der Waals surface area contributed by atoms with Crippen molar-refractivity contribution in [1.29, 1.82) is 0 Å². The molecule has 0 aliphatic carbocycles. The summed E-state index contributed by atoms with van der Waals surface area (Å²) in [5.41, 5.74) is -7.47. The van der Waals surface area contributed by atoms with E-state index in [0.717, 1.165) is 13.0 Å². The molecular formula is C13H7F6O6S-. The van der Waals surface area contributed by atoms with E-state index in [1.807, 2.05) is 0 Å². The van der Waals surface area contributed by atoms with Gasteiger partial charge in [-0.1, -0.05) is 0 Å². The number of alkyl halides is 6. The van der Waals surface area contributed by atoms with Crippen molar-refractivity contribution in [2.75, 3.05) is 0 Å². The molecule has 0 N–H and O–H groups in total. The minimum atomic E-state index is -6.06. The molecule has 0 saturated heterocycles. The van der Waals surface area contributed by atoms with Gasteiger partial charge in [-0.15, -0.1) is 0 Å². The largest absolute Gasteiger partial charge is 0.545 e. The lowest BCUT2D eigenvalue weighted by atomic mass is 9.99. The Labute approximate surface area is 141 Å². The van der Waals surface area contributed by atoms with Crippen molar-refractivity contribution in [3.63, 3.8) is 0 Å². The highest BCUT2D eigenvalue weighted by Gasteiger charge is 2.49. The maximum absolute atomic E-state index is 12.9. The number of hydrogen-bond acceptors (Lipinski definition) is 6. The molecule has 0 amide bonds. The Morgan fingerprint density at radius 3 is 2.23 bits per heavy atom. The SMILES string of the molecule is Cc1cc2c(cc1OS(=O)(=O)C(F)(F)F)OC(C(F)(F)F)C(C(=O)[O-])=C2. The molecule has 13 heteroatoms. The topological polar surface area (TPSA) is 92.7 Å². The molecule has 0 aromatic heterocycles. The molecule has 0 bridgehead atoms. The maximum Gasteiger partial charge on any atom is 0.534 e. The number of carboxylic acids is 1. The lowest BCUT2D eigenvalue weighted by Gasteiger charge is -2.29. The summed E-state index contributed by atoms with van der Waals surface area (Å²) in [7, 11) is -6.06. The molecule has 1 aliphatic heterocycles. The van der Waals surface area contributed by atoms with Crippen LogP contribution in [0.25, 0.3) is 6.08 Å². The lowest BCUT2D eigenvalue weighted by molar-refractivity contribution is -0.302. The second-order valence-corrected chi connectivity index (χ2v) is 6.60. The van der Waals surface area contributed by atoms with E-state index in [-0.39, 0.29) is 11.1 Å². The fourth-order valence-electron chi connectivity index (χ4n) is 2.00. The van der Waals surface area contributed by atoms with Crippen LogP contribution in [0.4, 0.5) is 26.3 Å². The van der Waals surface area contributed by atoms with Gasteiger partial charge in [0, 0.05) is 17.2 Å². The summed E-state index contributed by atoms with van der Waals surface area (Å²) in [6, 6.07) is 1.40. The van der Waals surface area contributed by atoms with Gasteiger partial charge in [0.05, 0.1) is 5.97 Å². The number of rotatable bonds is 3. The van der Waals surface area contributed by atoms with Crippen LogP contribution in [0.2, 0.25) is 0 Å². The molecule has 1 unspecified atom stereocenters. The highest BCUT2D eigenvalue weighted by Crippen LogP contribution is 2.40. The minimum Gasteiger partial charge on any atom is -0.545 e. The van der Waals surface area contributed by atoms with Crippen LogP contribution in [-0.2, 0) is 14.9 Å². The standard InChI is InChI=1S/C13H8F6O6S/c1-5-2-6-3-7(11(20)21)10(12(14,15)16)24-9(6)4-8(5)25-26(22,23)13(17,18)19/h2-4,10H,1H3,(H,20,21)/p-1. The van der Waals surface area contributed by atoms with Crippen LogP contribution >= 0.6 is 0 Å². The van der Waals surface area contributed by atoms with Crippen LogP contribution in [-0.4, -0.2) is 32.2 Å². The van der Waals surface area contributed by atoms with Gasteiger partial charge in [0.1, 0.15) is 11.5 Å². The molecule has 1 atom stereocenters. The average Bonchev–Trinajstić information content (AvgIpc) is 2.44. The molecule has 144 valence electrons. The second-order valence-electron chi connectivity index (χ2n) is 5.07. The van der Waals surface area contributed by atoms with Gasteiger partial charge in [0.15, 0.2) is 0 Å². The van der Waals surface area contributed by atoms with E-state index < -0.39 is 50.9 Å². The minimum absolute atomic E-state index is 0.223. The predicted molar refractivity (Wildman–Crippen MR) is 70.2 cm³/mol. The van der Waals surface area contributed by atoms with E-state index in [0.29, 0.717) is 12.1 Å². The Bertz CT molecular complexity index is 884. The van der Waals surface area contributed by atoms with Crippen molar-refractivity contribution in [2.45, 2.75) is 24.7 Å². The quantitative estimate of drug-likeness (QED) is 0.432. The highest BCUT2D eigenvalue weighted by molar-refractivity contribution is 7.88. The van der Waals surface area contributed by atoms with Crippen molar-refractivity contribution in [3.05, 3.63) is 28.8 Å². The number of halogens is 6. The van der Waals surface area contributed by atoms with Crippen molar-refractivity contribution in [3.8, 4) is 11.5 Å². The number of ether oxygens (including phenoxy) is 1. The van der Waals surface area contributed by atoms with Gasteiger partial charge in [0.2, 0.25) is 6.10 Å². The van der Waals surface area contributed by atoms with Gasteiger partial charge < -0.3 is 18.8 Å². The molecule has 0 spiro atoms. The summed E-state index contributed by atoms with van der Waals surface area (Å²) < 4.78 is 106. The highest BCUT2D eigenvalue weighted by atomic mass is 32.2. The van der Waals surface area contributed by atoms with E-state index in [9.17, 15) is 44.7 Å². The summed E-state index contributed by atoms with van der Waals surface area (Å²) in [6.07, 6.45) is -7.55. The van der Waals surface area contributed by atoms with Gasteiger partial charge in [-0.25, -0.2) is 0 Å². The van der Waals surface area contributed by atoms with Gasteiger partial charge in [-0.05, 0) is 24.6 Å². The molecule has 0 fully saturated rings. The van der Waals surface area contributed by atoms with Crippen LogP contribution < -0.4 is 14.0 Å². The Morgan fingerprint density at radius 1 is 1.19 bits per heavy atom. The van der Waals surface area contributed by atoms with Crippen LogP contribution in [0.15, 0.2) is 17.7 Å². The molecule has 1 heterocycles. The molecule has 1 aromatic rings. The van der Waals surface area contributed by atoms with Crippen LogP contribution in [0, 0.1) is 6.92 Å². The zero-order chi connectivity index (χ0) is 20.1.